The summed E-state index contributed by atoms with van der Waals surface area (Å²) in [5.74, 6) is -2.61. The Morgan fingerprint density at radius 3 is 2.03 bits per heavy atom. The second-order valence-electron chi connectivity index (χ2n) is 8.27. The van der Waals surface area contributed by atoms with Gasteiger partial charge in [0.1, 0.15) is 25.1 Å². The normalized spacial score (nSPS) is 20.7. The molecule has 3 aromatic rings. The number of ether oxygens (including phenoxy) is 4. The molecule has 11 heteroatoms. The van der Waals surface area contributed by atoms with Gasteiger partial charge in [0.15, 0.2) is 12.3 Å². The van der Waals surface area contributed by atoms with Crippen LogP contribution >= 0.6 is 0 Å². The highest BCUT2D eigenvalue weighted by Crippen LogP contribution is 2.36. The predicted octanol–water partition coefficient (Wildman–Crippen LogP) is 1.98. The van der Waals surface area contributed by atoms with Crippen LogP contribution in [0.5, 0.6) is 0 Å². The maximum Gasteiger partial charge on any atom is 0.351 e. The Labute approximate surface area is 211 Å². The molecule has 1 aromatic heterocycles. The van der Waals surface area contributed by atoms with Gasteiger partial charge < -0.3 is 24.7 Å². The minimum Gasteiger partial charge on any atom is -0.462 e. The number of nitrogens with two attached hydrogens (primary N) is 1. The Balaban J connectivity index is 1.60. The van der Waals surface area contributed by atoms with Gasteiger partial charge in [-0.3, -0.25) is 9.36 Å². The minimum absolute atomic E-state index is 0.00460. The first-order valence-corrected chi connectivity index (χ1v) is 11.4. The molecular weight excluding hydrogens is 482 g/mol. The molecule has 2 aromatic carbocycles. The summed E-state index contributed by atoms with van der Waals surface area (Å²) < 4.78 is 23.7. The second-order valence-corrected chi connectivity index (χ2v) is 8.27. The monoisotopic (exact) mass is 507 g/mol. The lowest BCUT2D eigenvalue weighted by Crippen LogP contribution is -2.38. The molecule has 1 aliphatic heterocycles. The molecule has 0 saturated carbocycles. The van der Waals surface area contributed by atoms with Crippen molar-refractivity contribution in [1.82, 2.24) is 9.55 Å². The Bertz CT molecular complexity index is 1310. The summed E-state index contributed by atoms with van der Waals surface area (Å²) >= 11 is 0. The summed E-state index contributed by atoms with van der Waals surface area (Å²) in [6, 6.07) is 18.1. The predicted molar refractivity (Wildman–Crippen MR) is 129 cm³/mol. The van der Waals surface area contributed by atoms with Crippen LogP contribution in [0.25, 0.3) is 0 Å². The van der Waals surface area contributed by atoms with E-state index in [1.807, 2.05) is 0 Å². The van der Waals surface area contributed by atoms with Gasteiger partial charge in [0, 0.05) is 13.1 Å². The van der Waals surface area contributed by atoms with E-state index in [2.05, 4.69) is 4.98 Å². The van der Waals surface area contributed by atoms with Gasteiger partial charge in [-0.1, -0.05) is 36.4 Å². The number of esters is 3. The molecule has 0 amide bonds. The number of anilines is 1. The van der Waals surface area contributed by atoms with Crippen molar-refractivity contribution in [2.24, 2.45) is 5.92 Å². The molecule has 0 aliphatic carbocycles. The van der Waals surface area contributed by atoms with Gasteiger partial charge in [0.2, 0.25) is 0 Å². The molecule has 37 heavy (non-hydrogen) atoms. The molecule has 11 nitrogen and oxygen atoms in total. The molecule has 1 saturated heterocycles. The first-order valence-electron chi connectivity index (χ1n) is 11.4. The van der Waals surface area contributed by atoms with Gasteiger partial charge in [-0.05, 0) is 30.3 Å². The quantitative estimate of drug-likeness (QED) is 0.354. The molecule has 4 rings (SSSR count). The van der Waals surface area contributed by atoms with Gasteiger partial charge in [0.25, 0.3) is 0 Å². The van der Waals surface area contributed by atoms with Crippen molar-refractivity contribution in [3.8, 4) is 0 Å². The van der Waals surface area contributed by atoms with Crippen molar-refractivity contribution in [3.05, 3.63) is 94.5 Å². The summed E-state index contributed by atoms with van der Waals surface area (Å²) in [5, 5.41) is 0. The topological polar surface area (TPSA) is 149 Å². The second kappa shape index (κ2) is 11.5. The SMILES string of the molecule is CC(=O)O[C@@H]1[C@H](COC(=O)c2ccccc2)[C@@H](COC(=O)c2ccccc2)O[C@H]1n1ccc(N)nc1=O. The van der Waals surface area contributed by atoms with E-state index in [-0.39, 0.29) is 19.0 Å². The third-order valence-electron chi connectivity index (χ3n) is 5.73. The zero-order valence-corrected chi connectivity index (χ0v) is 19.9. The summed E-state index contributed by atoms with van der Waals surface area (Å²) in [4.78, 5) is 53.4. The third kappa shape index (κ3) is 6.19. The molecule has 192 valence electrons. The first-order chi connectivity index (χ1) is 17.8. The summed E-state index contributed by atoms with van der Waals surface area (Å²) in [7, 11) is 0. The Morgan fingerprint density at radius 2 is 1.49 bits per heavy atom. The summed E-state index contributed by atoms with van der Waals surface area (Å²) in [6.45, 7) is 0.705. The largest absolute Gasteiger partial charge is 0.462 e. The molecule has 1 fully saturated rings. The molecule has 2 N–H and O–H groups in total. The van der Waals surface area contributed by atoms with Crippen molar-refractivity contribution in [1.29, 1.82) is 0 Å². The molecular formula is C26H25N3O8. The number of nitrogen functional groups attached to an aromatic ring is 1. The molecule has 2 heterocycles. The van der Waals surface area contributed by atoms with Crippen LogP contribution in [0.1, 0.15) is 33.9 Å². The lowest BCUT2D eigenvalue weighted by molar-refractivity contribution is -0.154. The van der Waals surface area contributed by atoms with Gasteiger partial charge in [-0.15, -0.1) is 0 Å². The lowest BCUT2D eigenvalue weighted by atomic mass is 9.98. The number of nitrogens with zero attached hydrogens (tertiary/aromatic N) is 2. The minimum atomic E-state index is -1.13. The highest BCUT2D eigenvalue weighted by atomic mass is 16.6. The fraction of sp³-hybridized carbons (Fsp3) is 0.269. The molecule has 0 spiro atoms. The highest BCUT2D eigenvalue weighted by Gasteiger charge is 2.49. The average Bonchev–Trinajstić information content (AvgIpc) is 3.22. The Hall–Kier alpha value is -4.51. The van der Waals surface area contributed by atoms with Crippen molar-refractivity contribution in [3.63, 3.8) is 0 Å². The van der Waals surface area contributed by atoms with Gasteiger partial charge >= 0.3 is 23.6 Å². The van der Waals surface area contributed by atoms with E-state index in [9.17, 15) is 19.2 Å². The van der Waals surface area contributed by atoms with Crippen LogP contribution in [0.15, 0.2) is 77.7 Å². The third-order valence-corrected chi connectivity index (χ3v) is 5.73. The highest BCUT2D eigenvalue weighted by molar-refractivity contribution is 5.89. The zero-order valence-electron chi connectivity index (χ0n) is 19.9. The van der Waals surface area contributed by atoms with E-state index >= 15 is 0 Å². The van der Waals surface area contributed by atoms with Crippen LogP contribution < -0.4 is 11.4 Å². The lowest BCUT2D eigenvalue weighted by Gasteiger charge is -2.24. The van der Waals surface area contributed by atoms with Crippen molar-refractivity contribution in [2.75, 3.05) is 18.9 Å². The first kappa shape index (κ1) is 25.6. The smallest absolute Gasteiger partial charge is 0.351 e. The summed E-state index contributed by atoms with van der Waals surface area (Å²) in [5.41, 5.74) is 5.53. The van der Waals surface area contributed by atoms with Gasteiger partial charge in [0.05, 0.1) is 17.0 Å². The van der Waals surface area contributed by atoms with Crippen LogP contribution in [0, 0.1) is 5.92 Å². The molecule has 1 aliphatic rings. The van der Waals surface area contributed by atoms with E-state index in [1.165, 1.54) is 19.2 Å². The number of carbonyl (C=O) groups excluding carboxylic acids is 3. The number of carbonyl (C=O) groups is 3. The molecule has 0 radical (unpaired) electrons. The fourth-order valence-corrected chi connectivity index (χ4v) is 3.97. The van der Waals surface area contributed by atoms with Crippen LogP contribution in [0.4, 0.5) is 5.82 Å². The van der Waals surface area contributed by atoms with E-state index < -0.39 is 48.0 Å². The fourth-order valence-electron chi connectivity index (χ4n) is 3.97. The Morgan fingerprint density at radius 1 is 0.919 bits per heavy atom. The number of benzene rings is 2. The zero-order chi connectivity index (χ0) is 26.4. The number of rotatable bonds is 8. The Kier molecular flexibility index (Phi) is 7.94. The maximum absolute atomic E-state index is 12.6. The summed E-state index contributed by atoms with van der Waals surface area (Å²) in [6.07, 6.45) is -1.73. The van der Waals surface area contributed by atoms with Crippen molar-refractivity contribution >= 4 is 23.7 Å². The van der Waals surface area contributed by atoms with Gasteiger partial charge in [-0.25, -0.2) is 14.4 Å². The van der Waals surface area contributed by atoms with Crippen LogP contribution in [-0.2, 0) is 23.7 Å². The van der Waals surface area contributed by atoms with E-state index in [4.69, 9.17) is 24.7 Å². The number of hydrogen-bond donors (Lipinski definition) is 1. The van der Waals surface area contributed by atoms with Crippen LogP contribution in [-0.4, -0.2) is 52.9 Å². The van der Waals surface area contributed by atoms with E-state index in [1.54, 1.807) is 60.7 Å². The number of aromatic nitrogens is 2. The van der Waals surface area contributed by atoms with Crippen molar-refractivity contribution < 1.29 is 33.3 Å². The van der Waals surface area contributed by atoms with E-state index in [0.717, 1.165) is 4.57 Å². The number of hydrogen-bond acceptors (Lipinski definition) is 10. The molecule has 0 unspecified atom stereocenters. The van der Waals surface area contributed by atoms with Gasteiger partial charge in [-0.2, -0.15) is 4.98 Å². The standard InChI is InChI=1S/C26H25N3O8/c1-16(30)36-22-19(14-34-24(31)17-8-4-2-5-9-17)20(15-35-25(32)18-10-6-3-7-11-18)37-23(22)29-13-12-21(27)28-26(29)33/h2-13,19-20,22-23H,14-15H2,1H3,(H2,27,28,33)/t19-,20-,22-,23-/m1/s1. The molecule has 4 atom stereocenters. The average molecular weight is 507 g/mol. The van der Waals surface area contributed by atoms with Crippen LogP contribution in [0.2, 0.25) is 0 Å². The van der Waals surface area contributed by atoms with Crippen molar-refractivity contribution in [2.45, 2.75) is 25.4 Å². The maximum atomic E-state index is 12.6. The van der Waals surface area contributed by atoms with E-state index in [0.29, 0.717) is 11.1 Å². The van der Waals surface area contributed by atoms with Crippen LogP contribution in [0.3, 0.4) is 0 Å². The molecule has 0 bridgehead atoms.